The van der Waals surface area contributed by atoms with Gasteiger partial charge in [0, 0.05) is 12.1 Å². The quantitative estimate of drug-likeness (QED) is 0.687. The second kappa shape index (κ2) is 4.05. The Morgan fingerprint density at radius 2 is 2.00 bits per heavy atom. The van der Waals surface area contributed by atoms with E-state index in [9.17, 15) is 9.90 Å². The number of ketones is 1. The summed E-state index contributed by atoms with van der Waals surface area (Å²) < 4.78 is 0. The fourth-order valence-corrected chi connectivity index (χ4v) is 1.11. The highest BCUT2D eigenvalue weighted by atomic mass is 16.3. The minimum atomic E-state index is -0.710. The Balaban J connectivity index is 2.71. The first kappa shape index (κ1) is 9.74. The Morgan fingerprint density at radius 3 is 2.46 bits per heavy atom. The summed E-state index contributed by atoms with van der Waals surface area (Å²) in [5.74, 6) is -0.0238. The Labute approximate surface area is 77.2 Å². The van der Waals surface area contributed by atoms with Crippen molar-refractivity contribution in [2.24, 2.45) is 0 Å². The lowest BCUT2D eigenvalue weighted by molar-refractivity contribution is -0.118. The van der Waals surface area contributed by atoms with E-state index in [1.165, 1.54) is 6.92 Å². The molecular formula is C10H13NO2. The van der Waals surface area contributed by atoms with Crippen molar-refractivity contribution in [1.29, 1.82) is 0 Å². The molecule has 0 radical (unpaired) electrons. The van der Waals surface area contributed by atoms with Crippen LogP contribution in [0.4, 0.5) is 5.69 Å². The van der Waals surface area contributed by atoms with Gasteiger partial charge in [-0.25, -0.2) is 0 Å². The minimum Gasteiger partial charge on any atom is -0.399 e. The number of carbonyl (C=O) groups is 1. The lowest BCUT2D eigenvalue weighted by Crippen LogP contribution is -2.03. The van der Waals surface area contributed by atoms with Crippen LogP contribution in [-0.2, 0) is 4.79 Å². The molecule has 3 N–H and O–H groups in total. The van der Waals surface area contributed by atoms with Crippen molar-refractivity contribution in [3.8, 4) is 0 Å². The maximum atomic E-state index is 10.7. The van der Waals surface area contributed by atoms with Crippen LogP contribution >= 0.6 is 0 Å². The molecule has 0 saturated carbocycles. The number of Topliss-reactive ketones (excluding diaryl/α,β-unsaturated/α-hetero) is 1. The number of anilines is 1. The van der Waals surface area contributed by atoms with Crippen molar-refractivity contribution < 1.29 is 9.90 Å². The first-order valence-corrected chi connectivity index (χ1v) is 4.12. The highest BCUT2D eigenvalue weighted by Crippen LogP contribution is 2.17. The first-order chi connectivity index (χ1) is 6.09. The molecule has 0 aliphatic carbocycles. The molecule has 70 valence electrons. The van der Waals surface area contributed by atoms with Gasteiger partial charge in [-0.2, -0.15) is 0 Å². The van der Waals surface area contributed by atoms with E-state index >= 15 is 0 Å². The highest BCUT2D eigenvalue weighted by Gasteiger charge is 2.08. The zero-order chi connectivity index (χ0) is 9.84. The number of nitrogen functional groups attached to an aromatic ring is 1. The molecule has 0 heterocycles. The monoisotopic (exact) mass is 179 g/mol. The fourth-order valence-electron chi connectivity index (χ4n) is 1.11. The summed E-state index contributed by atoms with van der Waals surface area (Å²) in [4.78, 5) is 10.7. The van der Waals surface area contributed by atoms with Crippen LogP contribution < -0.4 is 5.73 Å². The number of aliphatic hydroxyl groups is 1. The molecule has 0 aromatic heterocycles. The lowest BCUT2D eigenvalue weighted by Gasteiger charge is -2.08. The molecule has 0 spiro atoms. The maximum absolute atomic E-state index is 10.7. The van der Waals surface area contributed by atoms with Crippen LogP contribution in [0.2, 0.25) is 0 Å². The van der Waals surface area contributed by atoms with E-state index in [1.807, 2.05) is 0 Å². The molecule has 1 rings (SSSR count). The van der Waals surface area contributed by atoms with Gasteiger partial charge in [0.25, 0.3) is 0 Å². The summed E-state index contributed by atoms with van der Waals surface area (Å²) in [6.07, 6.45) is -0.553. The van der Waals surface area contributed by atoms with Crippen molar-refractivity contribution in [2.45, 2.75) is 19.4 Å². The van der Waals surface area contributed by atoms with E-state index in [0.717, 1.165) is 5.56 Å². The van der Waals surface area contributed by atoms with Gasteiger partial charge in [0.05, 0.1) is 6.10 Å². The predicted octanol–water partition coefficient (Wildman–Crippen LogP) is 1.28. The number of aliphatic hydroxyl groups excluding tert-OH is 1. The van der Waals surface area contributed by atoms with E-state index < -0.39 is 6.10 Å². The van der Waals surface area contributed by atoms with Gasteiger partial charge in [-0.15, -0.1) is 0 Å². The maximum Gasteiger partial charge on any atom is 0.132 e. The van der Waals surface area contributed by atoms with Gasteiger partial charge in [-0.3, -0.25) is 4.79 Å². The largest absolute Gasteiger partial charge is 0.399 e. The molecule has 1 atom stereocenters. The summed E-state index contributed by atoms with van der Waals surface area (Å²) in [7, 11) is 0. The number of hydrogen-bond acceptors (Lipinski definition) is 3. The minimum absolute atomic E-state index is 0.0238. The van der Waals surface area contributed by atoms with Crippen LogP contribution in [0.3, 0.4) is 0 Å². The summed E-state index contributed by atoms with van der Waals surface area (Å²) in [6, 6.07) is 6.86. The standard InChI is InChI=1S/C10H13NO2/c1-7(12)6-10(13)8-2-4-9(11)5-3-8/h2-5,10,13H,6,11H2,1H3. The molecule has 0 fully saturated rings. The second-order valence-corrected chi connectivity index (χ2v) is 3.09. The summed E-state index contributed by atoms with van der Waals surface area (Å²) in [5.41, 5.74) is 6.86. The summed E-state index contributed by atoms with van der Waals surface area (Å²) >= 11 is 0. The molecule has 13 heavy (non-hydrogen) atoms. The van der Waals surface area contributed by atoms with E-state index in [1.54, 1.807) is 24.3 Å². The summed E-state index contributed by atoms with van der Waals surface area (Å²) in [5, 5.41) is 9.52. The van der Waals surface area contributed by atoms with E-state index in [2.05, 4.69) is 0 Å². The third kappa shape index (κ3) is 2.87. The van der Waals surface area contributed by atoms with Gasteiger partial charge in [0.1, 0.15) is 5.78 Å². The van der Waals surface area contributed by atoms with E-state index in [-0.39, 0.29) is 12.2 Å². The Bertz CT molecular complexity index is 292. The zero-order valence-electron chi connectivity index (χ0n) is 7.53. The SMILES string of the molecule is CC(=O)CC(O)c1ccc(N)cc1. The first-order valence-electron chi connectivity index (χ1n) is 4.12. The Hall–Kier alpha value is -1.35. The number of rotatable bonds is 3. The van der Waals surface area contributed by atoms with E-state index in [0.29, 0.717) is 5.69 Å². The smallest absolute Gasteiger partial charge is 0.132 e. The normalized spacial score (nSPS) is 12.5. The van der Waals surface area contributed by atoms with Crippen LogP contribution in [-0.4, -0.2) is 10.9 Å². The van der Waals surface area contributed by atoms with Crippen LogP contribution in [0.25, 0.3) is 0 Å². The zero-order valence-corrected chi connectivity index (χ0v) is 7.53. The van der Waals surface area contributed by atoms with E-state index in [4.69, 9.17) is 5.73 Å². The molecule has 1 aromatic rings. The molecule has 0 bridgehead atoms. The molecular weight excluding hydrogens is 166 g/mol. The molecule has 3 heteroatoms. The molecule has 0 saturated heterocycles. The Kier molecular flexibility index (Phi) is 3.03. The molecule has 3 nitrogen and oxygen atoms in total. The van der Waals surface area contributed by atoms with Gasteiger partial charge < -0.3 is 10.8 Å². The van der Waals surface area contributed by atoms with Crippen LogP contribution in [0.15, 0.2) is 24.3 Å². The number of carbonyl (C=O) groups excluding carboxylic acids is 1. The van der Waals surface area contributed by atoms with Crippen molar-refractivity contribution >= 4 is 11.5 Å². The van der Waals surface area contributed by atoms with Crippen LogP contribution in [0.1, 0.15) is 25.0 Å². The third-order valence-electron chi connectivity index (χ3n) is 1.80. The highest BCUT2D eigenvalue weighted by molar-refractivity contribution is 5.76. The number of benzene rings is 1. The molecule has 1 unspecified atom stereocenters. The van der Waals surface area contributed by atoms with Crippen LogP contribution in [0, 0.1) is 0 Å². The second-order valence-electron chi connectivity index (χ2n) is 3.09. The fraction of sp³-hybridized carbons (Fsp3) is 0.300. The summed E-state index contributed by atoms with van der Waals surface area (Å²) in [6.45, 7) is 1.46. The number of nitrogens with two attached hydrogens (primary N) is 1. The van der Waals surface area contributed by atoms with Gasteiger partial charge in [0.15, 0.2) is 0 Å². The Morgan fingerprint density at radius 1 is 1.46 bits per heavy atom. The van der Waals surface area contributed by atoms with Crippen molar-refractivity contribution in [2.75, 3.05) is 5.73 Å². The molecule has 0 aliphatic heterocycles. The average molecular weight is 179 g/mol. The van der Waals surface area contributed by atoms with Crippen molar-refractivity contribution in [1.82, 2.24) is 0 Å². The van der Waals surface area contributed by atoms with Crippen molar-refractivity contribution in [3.05, 3.63) is 29.8 Å². The molecule has 0 amide bonds. The number of hydrogen-bond donors (Lipinski definition) is 2. The average Bonchev–Trinajstić information content (AvgIpc) is 2.04. The molecule has 1 aromatic carbocycles. The van der Waals surface area contributed by atoms with Gasteiger partial charge in [0.2, 0.25) is 0 Å². The lowest BCUT2D eigenvalue weighted by atomic mass is 10.0. The topological polar surface area (TPSA) is 63.3 Å². The van der Waals surface area contributed by atoms with Crippen molar-refractivity contribution in [3.63, 3.8) is 0 Å². The predicted molar refractivity (Wildman–Crippen MR) is 51.1 cm³/mol. The molecule has 0 aliphatic rings. The van der Waals surface area contributed by atoms with Gasteiger partial charge in [-0.05, 0) is 24.6 Å². The van der Waals surface area contributed by atoms with Crippen LogP contribution in [0.5, 0.6) is 0 Å². The van der Waals surface area contributed by atoms with Gasteiger partial charge in [-0.1, -0.05) is 12.1 Å². The van der Waals surface area contributed by atoms with Gasteiger partial charge >= 0.3 is 0 Å². The third-order valence-corrected chi connectivity index (χ3v) is 1.80.